The number of pyridine rings is 1. The monoisotopic (exact) mass is 413 g/mol. The highest BCUT2D eigenvalue weighted by atomic mass is 35.5. The Balaban J connectivity index is 1.81. The summed E-state index contributed by atoms with van der Waals surface area (Å²) >= 11 is 5.94. The van der Waals surface area contributed by atoms with E-state index in [2.05, 4.69) is 5.10 Å². The minimum atomic E-state index is -0.376. The molecule has 148 valence electrons. The Morgan fingerprint density at radius 1 is 1.07 bits per heavy atom. The summed E-state index contributed by atoms with van der Waals surface area (Å²) in [7, 11) is 1.58. The topological polar surface area (TPSA) is 69.0 Å². The highest BCUT2D eigenvalue weighted by molar-refractivity contribution is 6.30. The Kier molecular flexibility index (Phi) is 4.98. The molecule has 2 heterocycles. The van der Waals surface area contributed by atoms with Crippen LogP contribution in [0.4, 0.5) is 4.39 Å². The first-order chi connectivity index (χ1) is 13.9. The van der Waals surface area contributed by atoms with Crippen molar-refractivity contribution in [3.05, 3.63) is 97.4 Å². The lowest BCUT2D eigenvalue weighted by Gasteiger charge is -2.15. The van der Waals surface area contributed by atoms with Gasteiger partial charge in [0.2, 0.25) is 0 Å². The van der Waals surface area contributed by atoms with Crippen LogP contribution >= 0.6 is 11.6 Å². The van der Waals surface area contributed by atoms with Crippen molar-refractivity contribution in [1.82, 2.24) is 14.3 Å². The van der Waals surface area contributed by atoms with Crippen molar-refractivity contribution in [3.63, 3.8) is 0 Å². The zero-order chi connectivity index (χ0) is 20.5. The third-order valence-corrected chi connectivity index (χ3v) is 4.92. The van der Waals surface area contributed by atoms with E-state index in [9.17, 15) is 14.0 Å². The van der Waals surface area contributed by atoms with Crippen LogP contribution in [-0.2, 0) is 20.2 Å². The number of halogens is 2. The van der Waals surface area contributed by atoms with Gasteiger partial charge in [-0.2, -0.15) is 0 Å². The second-order valence-electron chi connectivity index (χ2n) is 6.65. The van der Waals surface area contributed by atoms with Gasteiger partial charge in [0, 0.05) is 18.1 Å². The first kappa shape index (κ1) is 19.0. The van der Waals surface area contributed by atoms with Crippen LogP contribution in [0.2, 0.25) is 5.02 Å². The molecule has 0 aliphatic rings. The highest BCUT2D eigenvalue weighted by Crippen LogP contribution is 2.18. The lowest BCUT2D eigenvalue weighted by atomic mass is 10.2. The third kappa shape index (κ3) is 3.82. The molecule has 0 unspecified atom stereocenters. The van der Waals surface area contributed by atoms with Gasteiger partial charge in [-0.05, 0) is 42.0 Å². The Labute approximate surface area is 169 Å². The molecule has 0 saturated carbocycles. The molecule has 0 atom stereocenters. The standard InChI is InChI=1S/C21H17ClFN3O3/c1-25-21(28)20-17(24-25)10-19(27)26(11-13-2-4-14(22)5-3-13)18(20)12-29-16-8-6-15(23)7-9-16/h2-10,24H,11-12H2,1H3. The van der Waals surface area contributed by atoms with Crippen LogP contribution in [0.1, 0.15) is 11.3 Å². The third-order valence-electron chi connectivity index (χ3n) is 4.67. The number of rotatable bonds is 5. The van der Waals surface area contributed by atoms with Crippen molar-refractivity contribution in [2.75, 3.05) is 0 Å². The van der Waals surface area contributed by atoms with Crippen LogP contribution in [-0.4, -0.2) is 14.3 Å². The van der Waals surface area contributed by atoms with Crippen LogP contribution in [0.15, 0.2) is 64.2 Å². The molecular formula is C21H17ClFN3O3. The van der Waals surface area contributed by atoms with Gasteiger partial charge >= 0.3 is 0 Å². The van der Waals surface area contributed by atoms with Crippen LogP contribution in [0, 0.1) is 5.82 Å². The molecule has 0 radical (unpaired) electrons. The molecule has 4 rings (SSSR count). The average molecular weight is 414 g/mol. The van der Waals surface area contributed by atoms with Gasteiger partial charge in [-0.1, -0.05) is 23.7 Å². The van der Waals surface area contributed by atoms with Gasteiger partial charge < -0.3 is 9.30 Å². The molecule has 29 heavy (non-hydrogen) atoms. The van der Waals surface area contributed by atoms with Crippen molar-refractivity contribution >= 4 is 22.5 Å². The van der Waals surface area contributed by atoms with E-state index in [1.165, 1.54) is 39.6 Å². The van der Waals surface area contributed by atoms with E-state index >= 15 is 0 Å². The van der Waals surface area contributed by atoms with E-state index in [1.807, 2.05) is 12.1 Å². The van der Waals surface area contributed by atoms with E-state index < -0.39 is 0 Å². The van der Waals surface area contributed by atoms with Crippen molar-refractivity contribution in [3.8, 4) is 5.75 Å². The van der Waals surface area contributed by atoms with Gasteiger partial charge in [0.25, 0.3) is 11.1 Å². The predicted octanol–water partition coefficient (Wildman–Crippen LogP) is 3.45. The number of benzene rings is 2. The zero-order valence-corrected chi connectivity index (χ0v) is 16.2. The van der Waals surface area contributed by atoms with Crippen molar-refractivity contribution < 1.29 is 9.13 Å². The molecule has 8 heteroatoms. The van der Waals surface area contributed by atoms with Crippen LogP contribution in [0.25, 0.3) is 10.9 Å². The predicted molar refractivity (Wildman–Crippen MR) is 109 cm³/mol. The molecule has 1 N–H and O–H groups in total. The molecule has 0 aliphatic carbocycles. The molecule has 0 amide bonds. The van der Waals surface area contributed by atoms with Crippen molar-refractivity contribution in [2.45, 2.75) is 13.2 Å². The molecule has 6 nitrogen and oxygen atoms in total. The number of aryl methyl sites for hydroxylation is 1. The van der Waals surface area contributed by atoms with Crippen LogP contribution < -0.4 is 15.9 Å². The molecule has 0 aliphatic heterocycles. The fourth-order valence-electron chi connectivity index (χ4n) is 3.20. The number of fused-ring (bicyclic) bond motifs is 1. The number of aromatic amines is 1. The van der Waals surface area contributed by atoms with Gasteiger partial charge in [-0.25, -0.2) is 4.39 Å². The molecule has 2 aromatic heterocycles. The van der Waals surface area contributed by atoms with Gasteiger partial charge in [-0.3, -0.25) is 19.4 Å². The fraction of sp³-hybridized carbons (Fsp3) is 0.143. The van der Waals surface area contributed by atoms with Crippen molar-refractivity contribution in [1.29, 1.82) is 0 Å². The van der Waals surface area contributed by atoms with Crippen LogP contribution in [0.5, 0.6) is 5.75 Å². The molecular weight excluding hydrogens is 397 g/mol. The summed E-state index contributed by atoms with van der Waals surface area (Å²) in [6, 6.07) is 14.1. The second kappa shape index (κ2) is 7.60. The lowest BCUT2D eigenvalue weighted by Crippen LogP contribution is -2.26. The molecule has 0 spiro atoms. The Morgan fingerprint density at radius 2 is 1.76 bits per heavy atom. The summed E-state index contributed by atoms with van der Waals surface area (Å²) in [5, 5.41) is 3.85. The Bertz CT molecular complexity index is 1290. The van der Waals surface area contributed by atoms with Gasteiger partial charge in [0.15, 0.2) is 0 Å². The molecule has 2 aromatic carbocycles. The average Bonchev–Trinajstić information content (AvgIpc) is 2.98. The van der Waals surface area contributed by atoms with Crippen molar-refractivity contribution in [2.24, 2.45) is 7.05 Å². The lowest BCUT2D eigenvalue weighted by molar-refractivity contribution is 0.295. The maximum Gasteiger partial charge on any atom is 0.276 e. The van der Waals surface area contributed by atoms with E-state index in [0.29, 0.717) is 27.4 Å². The number of nitrogens with zero attached hydrogens (tertiary/aromatic N) is 2. The van der Waals surface area contributed by atoms with E-state index in [0.717, 1.165) is 5.56 Å². The maximum atomic E-state index is 13.1. The molecule has 4 aromatic rings. The number of aromatic nitrogens is 3. The van der Waals surface area contributed by atoms with Gasteiger partial charge in [0.1, 0.15) is 18.2 Å². The number of hydrogen-bond acceptors (Lipinski definition) is 3. The number of H-pyrrole nitrogens is 1. The summed E-state index contributed by atoms with van der Waals surface area (Å²) in [5.41, 5.74) is 1.20. The first-order valence-corrected chi connectivity index (χ1v) is 9.24. The normalized spacial score (nSPS) is 11.1. The molecule has 0 fully saturated rings. The number of nitrogens with one attached hydrogen (secondary N) is 1. The summed E-state index contributed by atoms with van der Waals surface area (Å²) in [6.45, 7) is 0.223. The summed E-state index contributed by atoms with van der Waals surface area (Å²) in [4.78, 5) is 25.5. The second-order valence-corrected chi connectivity index (χ2v) is 7.09. The first-order valence-electron chi connectivity index (χ1n) is 8.86. The molecule has 0 saturated heterocycles. The van der Waals surface area contributed by atoms with Crippen LogP contribution in [0.3, 0.4) is 0 Å². The Hall–Kier alpha value is -3.32. The largest absolute Gasteiger partial charge is 0.487 e. The van der Waals surface area contributed by atoms with E-state index in [4.69, 9.17) is 16.3 Å². The quantitative estimate of drug-likeness (QED) is 0.545. The Morgan fingerprint density at radius 3 is 2.45 bits per heavy atom. The minimum absolute atomic E-state index is 0.0289. The minimum Gasteiger partial charge on any atom is -0.487 e. The highest BCUT2D eigenvalue weighted by Gasteiger charge is 2.17. The number of ether oxygens (including phenoxy) is 1. The SMILES string of the molecule is Cn1[nH]c2cc(=O)n(Cc3ccc(Cl)cc3)c(COc3ccc(F)cc3)c2c1=O. The zero-order valence-electron chi connectivity index (χ0n) is 15.5. The summed E-state index contributed by atoms with van der Waals surface area (Å²) in [5.74, 6) is 0.0554. The summed E-state index contributed by atoms with van der Waals surface area (Å²) < 4.78 is 21.7. The summed E-state index contributed by atoms with van der Waals surface area (Å²) in [6.07, 6.45) is 0. The smallest absolute Gasteiger partial charge is 0.276 e. The van der Waals surface area contributed by atoms with E-state index in [-0.39, 0.29) is 30.1 Å². The number of hydrogen-bond donors (Lipinski definition) is 1. The van der Waals surface area contributed by atoms with E-state index in [1.54, 1.807) is 19.2 Å². The maximum absolute atomic E-state index is 13.1. The fourth-order valence-corrected chi connectivity index (χ4v) is 3.33. The van der Waals surface area contributed by atoms with Gasteiger partial charge in [0.05, 0.1) is 23.1 Å². The molecule has 0 bridgehead atoms. The van der Waals surface area contributed by atoms with Gasteiger partial charge in [-0.15, -0.1) is 0 Å².